The Morgan fingerprint density at radius 1 is 1.33 bits per heavy atom. The van der Waals surface area contributed by atoms with Gasteiger partial charge in [-0.05, 0) is 43.9 Å². The standard InChI is InChI=1S/C16H21FN4/c1-11-6-7-13(9-14(11)17)12(2)18-10-16-20-19-15-5-3-4-8-21(15)16/h6-7,9,12,18H,3-5,8,10H2,1-2H3. The van der Waals surface area contributed by atoms with Crippen LogP contribution in [0.5, 0.6) is 0 Å². The molecule has 3 rings (SSSR count). The van der Waals surface area contributed by atoms with Gasteiger partial charge in [-0.25, -0.2) is 4.39 Å². The molecule has 0 fully saturated rings. The molecule has 1 aliphatic heterocycles. The molecule has 0 amide bonds. The van der Waals surface area contributed by atoms with Crippen molar-refractivity contribution >= 4 is 0 Å². The molecule has 1 aromatic heterocycles. The molecule has 1 N–H and O–H groups in total. The quantitative estimate of drug-likeness (QED) is 0.940. The number of benzene rings is 1. The monoisotopic (exact) mass is 288 g/mol. The molecule has 1 aromatic carbocycles. The van der Waals surface area contributed by atoms with Gasteiger partial charge in [0.25, 0.3) is 0 Å². The van der Waals surface area contributed by atoms with E-state index < -0.39 is 0 Å². The largest absolute Gasteiger partial charge is 0.314 e. The fraction of sp³-hybridized carbons (Fsp3) is 0.500. The zero-order chi connectivity index (χ0) is 14.8. The van der Waals surface area contributed by atoms with Crippen molar-refractivity contribution in [3.63, 3.8) is 0 Å². The van der Waals surface area contributed by atoms with Crippen molar-refractivity contribution < 1.29 is 4.39 Å². The van der Waals surface area contributed by atoms with E-state index in [1.807, 2.05) is 19.1 Å². The topological polar surface area (TPSA) is 42.7 Å². The Morgan fingerprint density at radius 3 is 3.00 bits per heavy atom. The van der Waals surface area contributed by atoms with Crippen LogP contribution in [0.2, 0.25) is 0 Å². The number of halogens is 1. The van der Waals surface area contributed by atoms with Gasteiger partial charge in [-0.1, -0.05) is 12.1 Å². The second-order valence-corrected chi connectivity index (χ2v) is 5.75. The summed E-state index contributed by atoms with van der Waals surface area (Å²) in [5.41, 5.74) is 1.63. The molecule has 112 valence electrons. The second-order valence-electron chi connectivity index (χ2n) is 5.75. The predicted octanol–water partition coefficient (Wildman–Crippen LogP) is 2.91. The van der Waals surface area contributed by atoms with Crippen molar-refractivity contribution in [3.05, 3.63) is 46.8 Å². The lowest BCUT2D eigenvalue weighted by molar-refractivity contribution is 0.483. The van der Waals surface area contributed by atoms with Crippen LogP contribution in [-0.4, -0.2) is 14.8 Å². The van der Waals surface area contributed by atoms with Gasteiger partial charge in [-0.3, -0.25) is 0 Å². The van der Waals surface area contributed by atoms with Gasteiger partial charge in [0.2, 0.25) is 0 Å². The summed E-state index contributed by atoms with van der Waals surface area (Å²) in [7, 11) is 0. The highest BCUT2D eigenvalue weighted by Crippen LogP contribution is 2.18. The maximum Gasteiger partial charge on any atom is 0.147 e. The molecule has 0 saturated carbocycles. The summed E-state index contributed by atoms with van der Waals surface area (Å²) in [5, 5.41) is 11.9. The number of aryl methyl sites for hydroxylation is 2. The first-order valence-corrected chi connectivity index (χ1v) is 7.55. The highest BCUT2D eigenvalue weighted by molar-refractivity contribution is 5.25. The van der Waals surface area contributed by atoms with E-state index in [1.54, 1.807) is 13.0 Å². The highest BCUT2D eigenvalue weighted by atomic mass is 19.1. The third-order valence-electron chi connectivity index (χ3n) is 4.20. The number of fused-ring (bicyclic) bond motifs is 1. The van der Waals surface area contributed by atoms with Gasteiger partial charge in [0.05, 0.1) is 6.54 Å². The van der Waals surface area contributed by atoms with Gasteiger partial charge in [0.15, 0.2) is 0 Å². The summed E-state index contributed by atoms with van der Waals surface area (Å²) in [4.78, 5) is 0. The molecule has 4 nitrogen and oxygen atoms in total. The average Bonchev–Trinajstić information content (AvgIpc) is 2.91. The molecule has 1 aliphatic rings. The molecule has 2 aromatic rings. The third kappa shape index (κ3) is 2.97. The van der Waals surface area contributed by atoms with Gasteiger partial charge >= 0.3 is 0 Å². The molecule has 0 radical (unpaired) electrons. The van der Waals surface area contributed by atoms with Crippen LogP contribution in [-0.2, 0) is 19.5 Å². The zero-order valence-corrected chi connectivity index (χ0v) is 12.6. The van der Waals surface area contributed by atoms with Crippen molar-refractivity contribution in [3.8, 4) is 0 Å². The van der Waals surface area contributed by atoms with E-state index in [1.165, 1.54) is 12.8 Å². The van der Waals surface area contributed by atoms with E-state index in [-0.39, 0.29) is 11.9 Å². The maximum absolute atomic E-state index is 13.6. The Balaban J connectivity index is 1.67. The number of nitrogens with one attached hydrogen (secondary N) is 1. The highest BCUT2D eigenvalue weighted by Gasteiger charge is 2.16. The van der Waals surface area contributed by atoms with Crippen LogP contribution in [0, 0.1) is 12.7 Å². The summed E-state index contributed by atoms with van der Waals surface area (Å²) in [5.74, 6) is 1.91. The number of nitrogens with zero attached hydrogens (tertiary/aromatic N) is 3. The van der Waals surface area contributed by atoms with Crippen molar-refractivity contribution in [2.45, 2.75) is 52.2 Å². The van der Waals surface area contributed by atoms with Crippen LogP contribution < -0.4 is 5.32 Å². The molecule has 1 unspecified atom stereocenters. The summed E-state index contributed by atoms with van der Waals surface area (Å²) >= 11 is 0. The Kier molecular flexibility index (Phi) is 4.01. The Hall–Kier alpha value is -1.75. The van der Waals surface area contributed by atoms with Crippen molar-refractivity contribution in [1.29, 1.82) is 0 Å². The molecule has 1 atom stereocenters. The lowest BCUT2D eigenvalue weighted by Gasteiger charge is -2.17. The van der Waals surface area contributed by atoms with Crippen molar-refractivity contribution in [1.82, 2.24) is 20.1 Å². The number of aromatic nitrogens is 3. The molecule has 0 bridgehead atoms. The molecule has 0 aliphatic carbocycles. The molecule has 0 spiro atoms. The first kappa shape index (κ1) is 14.2. The molecule has 2 heterocycles. The van der Waals surface area contributed by atoms with E-state index >= 15 is 0 Å². The molecular weight excluding hydrogens is 267 g/mol. The van der Waals surface area contributed by atoms with Gasteiger partial charge < -0.3 is 9.88 Å². The predicted molar refractivity (Wildman–Crippen MR) is 79.4 cm³/mol. The maximum atomic E-state index is 13.6. The first-order valence-electron chi connectivity index (χ1n) is 7.55. The normalized spacial score (nSPS) is 15.8. The van der Waals surface area contributed by atoms with Crippen LogP contribution in [0.15, 0.2) is 18.2 Å². The Labute approximate surface area is 124 Å². The van der Waals surface area contributed by atoms with Crippen molar-refractivity contribution in [2.24, 2.45) is 0 Å². The minimum atomic E-state index is -0.152. The van der Waals surface area contributed by atoms with Gasteiger partial charge in [0, 0.05) is 19.0 Å². The second kappa shape index (κ2) is 5.93. The minimum absolute atomic E-state index is 0.0802. The smallest absolute Gasteiger partial charge is 0.147 e. The van der Waals surface area contributed by atoms with Crippen LogP contribution in [0.1, 0.15) is 48.6 Å². The Bertz CT molecular complexity index is 635. The van der Waals surface area contributed by atoms with Gasteiger partial charge in [-0.2, -0.15) is 0 Å². The lowest BCUT2D eigenvalue weighted by atomic mass is 10.1. The Morgan fingerprint density at radius 2 is 2.19 bits per heavy atom. The van der Waals surface area contributed by atoms with Crippen LogP contribution in [0.3, 0.4) is 0 Å². The summed E-state index contributed by atoms with van der Waals surface area (Å²) in [6.45, 7) is 5.48. The average molecular weight is 288 g/mol. The number of rotatable bonds is 4. The van der Waals surface area contributed by atoms with E-state index in [4.69, 9.17) is 0 Å². The van der Waals surface area contributed by atoms with Crippen LogP contribution >= 0.6 is 0 Å². The van der Waals surface area contributed by atoms with E-state index in [0.29, 0.717) is 12.1 Å². The van der Waals surface area contributed by atoms with E-state index in [2.05, 4.69) is 20.1 Å². The van der Waals surface area contributed by atoms with Crippen LogP contribution in [0.25, 0.3) is 0 Å². The van der Waals surface area contributed by atoms with Crippen LogP contribution in [0.4, 0.5) is 4.39 Å². The molecule has 21 heavy (non-hydrogen) atoms. The molecule has 0 saturated heterocycles. The summed E-state index contributed by atoms with van der Waals surface area (Å²) in [6.07, 6.45) is 3.41. The summed E-state index contributed by atoms with van der Waals surface area (Å²) < 4.78 is 15.8. The van der Waals surface area contributed by atoms with E-state index in [0.717, 1.165) is 30.2 Å². The van der Waals surface area contributed by atoms with Gasteiger partial charge in [0.1, 0.15) is 17.5 Å². The van der Waals surface area contributed by atoms with Gasteiger partial charge in [-0.15, -0.1) is 10.2 Å². The fourth-order valence-corrected chi connectivity index (χ4v) is 2.74. The molecule has 5 heteroatoms. The summed E-state index contributed by atoms with van der Waals surface area (Å²) in [6, 6.07) is 5.47. The lowest BCUT2D eigenvalue weighted by Crippen LogP contribution is -2.22. The fourth-order valence-electron chi connectivity index (χ4n) is 2.74. The van der Waals surface area contributed by atoms with Crippen molar-refractivity contribution in [2.75, 3.05) is 0 Å². The minimum Gasteiger partial charge on any atom is -0.314 e. The third-order valence-corrected chi connectivity index (χ3v) is 4.20. The molecular formula is C16H21FN4. The SMILES string of the molecule is Cc1ccc(C(C)NCc2nnc3n2CCCC3)cc1F. The number of hydrogen-bond donors (Lipinski definition) is 1. The number of hydrogen-bond acceptors (Lipinski definition) is 3. The zero-order valence-electron chi connectivity index (χ0n) is 12.6. The first-order chi connectivity index (χ1) is 10.1. The van der Waals surface area contributed by atoms with E-state index in [9.17, 15) is 4.39 Å².